The molecule has 0 saturated carbocycles. The Morgan fingerprint density at radius 1 is 1.16 bits per heavy atom. The van der Waals surface area contributed by atoms with Crippen molar-refractivity contribution < 1.29 is 9.90 Å². The number of aliphatic hydroxyl groups excluding tert-OH is 1. The molecule has 2 aromatic rings. The molecule has 1 aliphatic rings. The topological polar surface area (TPSA) is 61.6 Å². The molecule has 6 nitrogen and oxygen atoms in total. The van der Waals surface area contributed by atoms with Gasteiger partial charge in [-0.3, -0.25) is 9.69 Å². The zero-order valence-corrected chi connectivity index (χ0v) is 21.0. The summed E-state index contributed by atoms with van der Waals surface area (Å²) >= 11 is 2.19. The molecule has 0 bridgehead atoms. The van der Waals surface area contributed by atoms with Crippen LogP contribution in [0.3, 0.4) is 0 Å². The van der Waals surface area contributed by atoms with Gasteiger partial charge in [0.25, 0.3) is 5.91 Å². The number of halogens is 1. The molecule has 0 spiro atoms. The lowest BCUT2D eigenvalue weighted by molar-refractivity contribution is 0.0750. The summed E-state index contributed by atoms with van der Waals surface area (Å²) in [5.74, 6) is 0.895. The van der Waals surface area contributed by atoms with Gasteiger partial charge in [-0.05, 0) is 60.0 Å². The zero-order valence-electron chi connectivity index (χ0n) is 18.8. The largest absolute Gasteiger partial charge is 0.395 e. The van der Waals surface area contributed by atoms with Crippen molar-refractivity contribution in [3.05, 3.63) is 39.2 Å². The van der Waals surface area contributed by atoms with Gasteiger partial charge in [0.15, 0.2) is 0 Å². The van der Waals surface area contributed by atoms with E-state index < -0.39 is 0 Å². The highest BCUT2D eigenvalue weighted by molar-refractivity contribution is 14.1. The molecule has 0 unspecified atom stereocenters. The Kier molecular flexibility index (Phi) is 9.34. The first kappa shape index (κ1) is 24.2. The van der Waals surface area contributed by atoms with Gasteiger partial charge in [0.2, 0.25) is 0 Å². The molecule has 0 radical (unpaired) electrons. The zero-order chi connectivity index (χ0) is 22.2. The quantitative estimate of drug-likeness (QED) is 0.388. The van der Waals surface area contributed by atoms with Gasteiger partial charge in [-0.15, -0.1) is 0 Å². The van der Waals surface area contributed by atoms with Gasteiger partial charge in [0, 0.05) is 38.8 Å². The minimum atomic E-state index is 0.0484. The number of aromatic nitrogens is 2. The Labute approximate surface area is 199 Å². The van der Waals surface area contributed by atoms with Crippen LogP contribution >= 0.6 is 22.6 Å². The van der Waals surface area contributed by atoms with E-state index in [2.05, 4.69) is 58.7 Å². The van der Waals surface area contributed by atoms with E-state index in [0.29, 0.717) is 18.8 Å². The van der Waals surface area contributed by atoms with Crippen LogP contribution in [-0.4, -0.2) is 69.7 Å². The normalized spacial score (nSPS) is 15.3. The predicted octanol–water partition coefficient (Wildman–Crippen LogP) is 3.95. The van der Waals surface area contributed by atoms with E-state index in [1.165, 1.54) is 31.2 Å². The molecule has 1 fully saturated rings. The van der Waals surface area contributed by atoms with Crippen molar-refractivity contribution in [3.63, 3.8) is 0 Å². The van der Waals surface area contributed by atoms with Crippen molar-refractivity contribution >= 4 is 28.5 Å². The Hall–Kier alpha value is -1.45. The molecule has 31 heavy (non-hydrogen) atoms. The molecule has 1 aromatic carbocycles. The number of nitrogens with zero attached hydrogens (tertiary/aromatic N) is 4. The highest BCUT2D eigenvalue weighted by Gasteiger charge is 2.26. The molecule has 170 valence electrons. The number of imidazole rings is 1. The van der Waals surface area contributed by atoms with Gasteiger partial charge in [-0.2, -0.15) is 0 Å². The fraction of sp³-hybridized carbons (Fsp3) is 0.583. The summed E-state index contributed by atoms with van der Waals surface area (Å²) in [6.07, 6.45) is 7.02. The van der Waals surface area contributed by atoms with E-state index in [4.69, 9.17) is 4.98 Å². The van der Waals surface area contributed by atoms with Crippen LogP contribution in [0.15, 0.2) is 24.3 Å². The third-order valence-electron chi connectivity index (χ3n) is 6.05. The summed E-state index contributed by atoms with van der Waals surface area (Å²) in [4.78, 5) is 22.3. The number of benzene rings is 1. The van der Waals surface area contributed by atoms with Gasteiger partial charge in [0.05, 0.1) is 6.61 Å². The summed E-state index contributed by atoms with van der Waals surface area (Å²) in [5, 5.41) is 9.20. The fourth-order valence-corrected chi connectivity index (χ4v) is 5.09. The maximum absolute atomic E-state index is 13.4. The van der Waals surface area contributed by atoms with Gasteiger partial charge in [-0.25, -0.2) is 4.98 Å². The molecule has 1 amide bonds. The number of hydrogen-bond donors (Lipinski definition) is 1. The number of carbonyl (C=O) groups is 1. The molecule has 0 aliphatic carbocycles. The molecule has 1 N–H and O–H groups in total. The monoisotopic (exact) mass is 538 g/mol. The van der Waals surface area contributed by atoms with Gasteiger partial charge < -0.3 is 14.6 Å². The third kappa shape index (κ3) is 6.29. The number of aryl methyl sites for hydroxylation is 1. The number of aliphatic hydroxyl groups is 1. The number of carbonyl (C=O) groups excluding carboxylic acids is 1. The van der Waals surface area contributed by atoms with Crippen LogP contribution in [-0.2, 0) is 13.5 Å². The van der Waals surface area contributed by atoms with Crippen LogP contribution in [0.1, 0.15) is 55.1 Å². The smallest absolute Gasteiger partial charge is 0.273 e. The van der Waals surface area contributed by atoms with Crippen molar-refractivity contribution in [2.75, 3.05) is 39.3 Å². The van der Waals surface area contributed by atoms with Crippen molar-refractivity contribution in [3.8, 4) is 11.4 Å². The summed E-state index contributed by atoms with van der Waals surface area (Å²) in [6, 6.07) is 8.58. The Balaban J connectivity index is 1.75. The molecule has 1 aliphatic heterocycles. The van der Waals surface area contributed by atoms with Crippen LogP contribution in [0.4, 0.5) is 0 Å². The Bertz CT molecular complexity index is 867. The summed E-state index contributed by atoms with van der Waals surface area (Å²) in [7, 11) is 1.95. The highest BCUT2D eigenvalue weighted by atomic mass is 127. The highest BCUT2D eigenvalue weighted by Crippen LogP contribution is 2.25. The molecule has 7 heteroatoms. The van der Waals surface area contributed by atoms with E-state index in [9.17, 15) is 9.90 Å². The number of hydrogen-bond acceptors (Lipinski definition) is 4. The molecule has 3 rings (SSSR count). The lowest BCUT2D eigenvalue weighted by atomic mass is 10.0. The Morgan fingerprint density at radius 2 is 2.00 bits per heavy atom. The minimum Gasteiger partial charge on any atom is -0.395 e. The molecule has 2 heterocycles. The van der Waals surface area contributed by atoms with E-state index in [0.717, 1.165) is 47.6 Å². The van der Waals surface area contributed by atoms with Crippen LogP contribution in [0.25, 0.3) is 11.4 Å². The van der Waals surface area contributed by atoms with E-state index in [-0.39, 0.29) is 12.5 Å². The lowest BCUT2D eigenvalue weighted by Gasteiger charge is -2.22. The van der Waals surface area contributed by atoms with Gasteiger partial charge >= 0.3 is 0 Å². The number of rotatable bonds is 9. The third-order valence-corrected chi connectivity index (χ3v) is 6.80. The number of β-amino-alcohol motifs (C(OH)–C–C–N with tert-alkyl or cyclic N) is 1. The van der Waals surface area contributed by atoms with E-state index in [1.807, 2.05) is 16.5 Å². The second-order valence-electron chi connectivity index (χ2n) is 8.36. The maximum Gasteiger partial charge on any atom is 0.273 e. The van der Waals surface area contributed by atoms with Crippen LogP contribution in [0.5, 0.6) is 0 Å². The average molecular weight is 538 g/mol. The van der Waals surface area contributed by atoms with Crippen LogP contribution in [0.2, 0.25) is 0 Å². The second kappa shape index (κ2) is 12.0. The first-order valence-electron chi connectivity index (χ1n) is 11.5. The first-order valence-corrected chi connectivity index (χ1v) is 12.6. The van der Waals surface area contributed by atoms with Crippen molar-refractivity contribution in [1.29, 1.82) is 0 Å². The molecule has 1 aromatic heterocycles. The summed E-state index contributed by atoms with van der Waals surface area (Å²) in [5.41, 5.74) is 3.06. The summed E-state index contributed by atoms with van der Waals surface area (Å²) in [6.45, 7) is 6.21. The minimum absolute atomic E-state index is 0.0484. The standard InChI is InChI=1S/C24H35IN4O2/c1-3-4-5-6-9-19-10-7-11-20(18-19)23-26-22(25)21(27(23)2)24(31)29-13-8-12-28(14-15-29)16-17-30/h7,10-11,18,30H,3-6,8-9,12-17H2,1-2H3. The first-order chi connectivity index (χ1) is 15.0. The Morgan fingerprint density at radius 3 is 2.77 bits per heavy atom. The van der Waals surface area contributed by atoms with Crippen LogP contribution in [0, 0.1) is 3.70 Å². The van der Waals surface area contributed by atoms with Gasteiger partial charge in [0.1, 0.15) is 15.2 Å². The SMILES string of the molecule is CCCCCCc1cccc(-c2nc(I)c(C(=O)N3CCCN(CCO)CC3)n2C)c1. The van der Waals surface area contributed by atoms with E-state index in [1.54, 1.807) is 0 Å². The van der Waals surface area contributed by atoms with Crippen molar-refractivity contribution in [2.24, 2.45) is 7.05 Å². The lowest BCUT2D eigenvalue weighted by Crippen LogP contribution is -2.37. The van der Waals surface area contributed by atoms with Crippen molar-refractivity contribution in [1.82, 2.24) is 19.4 Å². The van der Waals surface area contributed by atoms with Crippen molar-refractivity contribution in [2.45, 2.75) is 45.4 Å². The second-order valence-corrected chi connectivity index (χ2v) is 9.38. The molecular weight excluding hydrogens is 503 g/mol. The summed E-state index contributed by atoms with van der Waals surface area (Å²) < 4.78 is 2.71. The predicted molar refractivity (Wildman–Crippen MR) is 133 cm³/mol. The van der Waals surface area contributed by atoms with Crippen LogP contribution < -0.4 is 0 Å². The molecule has 1 saturated heterocycles. The molecule has 0 atom stereocenters. The number of amides is 1. The molecular formula is C24H35IN4O2. The van der Waals surface area contributed by atoms with Gasteiger partial charge in [-0.1, -0.05) is 44.4 Å². The average Bonchev–Trinajstić information content (AvgIpc) is 2.92. The van der Waals surface area contributed by atoms with E-state index >= 15 is 0 Å². The fourth-order valence-electron chi connectivity index (χ4n) is 4.27. The maximum atomic E-state index is 13.4. The number of unbranched alkanes of at least 4 members (excludes halogenated alkanes) is 3.